The van der Waals surface area contributed by atoms with Crippen molar-refractivity contribution >= 4 is 5.97 Å². The van der Waals surface area contributed by atoms with E-state index in [-0.39, 0.29) is 5.56 Å². The molecule has 1 rings (SSSR count). The van der Waals surface area contributed by atoms with Crippen LogP contribution < -0.4 is 0 Å². The van der Waals surface area contributed by atoms with Gasteiger partial charge in [0.15, 0.2) is 6.10 Å². The van der Waals surface area contributed by atoms with Crippen molar-refractivity contribution in [3.8, 4) is 6.07 Å². The fourth-order valence-corrected chi connectivity index (χ4v) is 0.980. The highest BCUT2D eigenvalue weighted by Crippen LogP contribution is 2.19. The minimum atomic E-state index is -1.94. The lowest BCUT2D eigenvalue weighted by atomic mass is 10.1. The molecule has 0 aliphatic rings. The molecule has 1 aromatic carbocycles. The second kappa shape index (κ2) is 3.85. The molecule has 4 nitrogen and oxygen atoms in total. The first-order valence-corrected chi connectivity index (χ1v) is 3.67. The van der Waals surface area contributed by atoms with Gasteiger partial charge >= 0.3 is 5.97 Å². The summed E-state index contributed by atoms with van der Waals surface area (Å²) in [6.07, 6.45) is -1.94. The second-order valence-corrected chi connectivity index (χ2v) is 2.56. The number of benzene rings is 1. The zero-order valence-electron chi connectivity index (χ0n) is 6.94. The van der Waals surface area contributed by atoms with Gasteiger partial charge in [-0.2, -0.15) is 5.26 Å². The van der Waals surface area contributed by atoms with E-state index in [1.807, 2.05) is 0 Å². The van der Waals surface area contributed by atoms with E-state index in [1.165, 1.54) is 12.1 Å². The Labute approximate surface area is 78.8 Å². The number of rotatable bonds is 2. The molecule has 0 fully saturated rings. The number of aliphatic hydroxyl groups is 1. The molecule has 0 amide bonds. The van der Waals surface area contributed by atoms with Gasteiger partial charge in [0, 0.05) is 5.56 Å². The summed E-state index contributed by atoms with van der Waals surface area (Å²) in [5.74, 6) is -2.55. The van der Waals surface area contributed by atoms with Crippen molar-refractivity contribution in [2.24, 2.45) is 0 Å². The van der Waals surface area contributed by atoms with Crippen LogP contribution in [0.25, 0.3) is 0 Å². The smallest absolute Gasteiger partial charge is 0.337 e. The summed E-state index contributed by atoms with van der Waals surface area (Å²) in [4.78, 5) is 10.4. The topological polar surface area (TPSA) is 81.3 Å². The van der Waals surface area contributed by atoms with E-state index in [1.54, 1.807) is 6.07 Å². The van der Waals surface area contributed by atoms with E-state index < -0.39 is 23.5 Å². The maximum absolute atomic E-state index is 13.2. The quantitative estimate of drug-likeness (QED) is 0.731. The Kier molecular flexibility index (Phi) is 2.79. The summed E-state index contributed by atoms with van der Waals surface area (Å²) in [6.45, 7) is 0. The number of hydrogen-bond acceptors (Lipinski definition) is 3. The number of halogens is 1. The Balaban J connectivity index is 3.24. The second-order valence-electron chi connectivity index (χ2n) is 2.56. The van der Waals surface area contributed by atoms with E-state index in [0.717, 1.165) is 6.07 Å². The fourth-order valence-electron chi connectivity index (χ4n) is 0.980. The molecule has 14 heavy (non-hydrogen) atoms. The highest BCUT2D eigenvalue weighted by atomic mass is 19.1. The average molecular weight is 195 g/mol. The number of carbonyl (C=O) groups is 1. The molecule has 1 aromatic rings. The molecule has 0 heterocycles. The van der Waals surface area contributed by atoms with E-state index in [9.17, 15) is 9.18 Å². The largest absolute Gasteiger partial charge is 0.479 e. The number of aliphatic carboxylic acids is 1. The molecule has 0 radical (unpaired) electrons. The Morgan fingerprint density at radius 1 is 1.57 bits per heavy atom. The number of carboxylic acids is 1. The first-order chi connectivity index (χ1) is 6.57. The Morgan fingerprint density at radius 2 is 2.21 bits per heavy atom. The van der Waals surface area contributed by atoms with E-state index in [4.69, 9.17) is 15.5 Å². The summed E-state index contributed by atoms with van der Waals surface area (Å²) >= 11 is 0. The maximum atomic E-state index is 13.2. The van der Waals surface area contributed by atoms with Crippen molar-refractivity contribution in [2.75, 3.05) is 0 Å². The molecule has 2 N–H and O–H groups in total. The Hall–Kier alpha value is -1.93. The molecular weight excluding hydrogens is 189 g/mol. The van der Waals surface area contributed by atoms with Crippen molar-refractivity contribution in [2.45, 2.75) is 6.10 Å². The summed E-state index contributed by atoms with van der Waals surface area (Å²) in [5, 5.41) is 25.9. The zero-order valence-corrected chi connectivity index (χ0v) is 6.94. The van der Waals surface area contributed by atoms with Crippen molar-refractivity contribution in [3.05, 3.63) is 35.1 Å². The fraction of sp³-hybridized carbons (Fsp3) is 0.111. The lowest BCUT2D eigenvalue weighted by Gasteiger charge is -2.07. The summed E-state index contributed by atoms with van der Waals surface area (Å²) in [5.41, 5.74) is -0.695. The molecule has 0 aliphatic carbocycles. The number of nitrogens with zero attached hydrogens (tertiary/aromatic N) is 1. The molecule has 0 spiro atoms. The molecular formula is C9H6FNO3. The Morgan fingerprint density at radius 3 is 2.71 bits per heavy atom. The summed E-state index contributed by atoms with van der Waals surface area (Å²) < 4.78 is 13.2. The van der Waals surface area contributed by atoms with Crippen LogP contribution >= 0.6 is 0 Å². The van der Waals surface area contributed by atoms with Gasteiger partial charge in [-0.1, -0.05) is 12.1 Å². The van der Waals surface area contributed by atoms with E-state index >= 15 is 0 Å². The molecule has 0 saturated heterocycles. The van der Waals surface area contributed by atoms with Crippen molar-refractivity contribution in [1.29, 1.82) is 5.26 Å². The van der Waals surface area contributed by atoms with Crippen LogP contribution in [0.4, 0.5) is 4.39 Å². The molecule has 72 valence electrons. The van der Waals surface area contributed by atoms with Crippen LogP contribution in [0.1, 0.15) is 17.2 Å². The van der Waals surface area contributed by atoms with Crippen LogP contribution in [0.2, 0.25) is 0 Å². The highest BCUT2D eigenvalue weighted by molar-refractivity contribution is 5.74. The van der Waals surface area contributed by atoms with Crippen LogP contribution in [0.15, 0.2) is 18.2 Å². The van der Waals surface area contributed by atoms with Gasteiger partial charge < -0.3 is 10.2 Å². The van der Waals surface area contributed by atoms with Crippen LogP contribution in [0.3, 0.4) is 0 Å². The highest BCUT2D eigenvalue weighted by Gasteiger charge is 2.21. The number of carboxylic acid groups (broad SMARTS) is 1. The standard InChI is InChI=1S/C9H6FNO3/c10-7-5(4-11)2-1-3-6(7)8(12)9(13)14/h1-3,8,12H,(H,13,14). The first kappa shape index (κ1) is 10.2. The van der Waals surface area contributed by atoms with Crippen molar-refractivity contribution in [1.82, 2.24) is 0 Å². The third-order valence-corrected chi connectivity index (χ3v) is 1.68. The van der Waals surface area contributed by atoms with Crippen LogP contribution in [0.5, 0.6) is 0 Å². The third kappa shape index (κ3) is 1.70. The lowest BCUT2D eigenvalue weighted by molar-refractivity contribution is -0.147. The molecule has 1 unspecified atom stereocenters. The third-order valence-electron chi connectivity index (χ3n) is 1.68. The van der Waals surface area contributed by atoms with Crippen molar-refractivity contribution in [3.63, 3.8) is 0 Å². The summed E-state index contributed by atoms with van der Waals surface area (Å²) in [6, 6.07) is 5.18. The SMILES string of the molecule is N#Cc1cccc(C(O)C(=O)O)c1F. The predicted octanol–water partition coefficient (Wildman–Crippen LogP) is 0.815. The van der Waals surface area contributed by atoms with Gasteiger partial charge in [0.05, 0.1) is 5.56 Å². The van der Waals surface area contributed by atoms with Crippen molar-refractivity contribution < 1.29 is 19.4 Å². The average Bonchev–Trinajstić information content (AvgIpc) is 2.17. The molecule has 0 bridgehead atoms. The normalized spacial score (nSPS) is 11.8. The maximum Gasteiger partial charge on any atom is 0.337 e. The van der Waals surface area contributed by atoms with Gasteiger partial charge in [-0.15, -0.1) is 0 Å². The first-order valence-electron chi connectivity index (χ1n) is 3.67. The lowest BCUT2D eigenvalue weighted by Crippen LogP contribution is -2.12. The van der Waals surface area contributed by atoms with Gasteiger partial charge in [-0.05, 0) is 6.07 Å². The van der Waals surface area contributed by atoms with Gasteiger partial charge in [-0.25, -0.2) is 9.18 Å². The summed E-state index contributed by atoms with van der Waals surface area (Å²) in [7, 11) is 0. The van der Waals surface area contributed by atoms with Gasteiger partial charge in [0.1, 0.15) is 11.9 Å². The number of nitriles is 1. The van der Waals surface area contributed by atoms with Crippen LogP contribution in [-0.2, 0) is 4.79 Å². The predicted molar refractivity (Wildman–Crippen MR) is 43.7 cm³/mol. The monoisotopic (exact) mass is 195 g/mol. The van der Waals surface area contributed by atoms with Gasteiger partial charge in [0.2, 0.25) is 0 Å². The molecule has 0 saturated carbocycles. The zero-order chi connectivity index (χ0) is 10.7. The van der Waals surface area contributed by atoms with Gasteiger partial charge in [-0.3, -0.25) is 0 Å². The minimum Gasteiger partial charge on any atom is -0.479 e. The number of hydrogen-bond donors (Lipinski definition) is 2. The van der Waals surface area contributed by atoms with E-state index in [0.29, 0.717) is 0 Å². The van der Waals surface area contributed by atoms with Gasteiger partial charge in [0.25, 0.3) is 0 Å². The van der Waals surface area contributed by atoms with E-state index in [2.05, 4.69) is 0 Å². The molecule has 1 atom stereocenters. The Bertz CT molecular complexity index is 411. The van der Waals surface area contributed by atoms with Crippen LogP contribution in [-0.4, -0.2) is 16.2 Å². The van der Waals surface area contributed by atoms with Crippen LogP contribution in [0, 0.1) is 17.1 Å². The molecule has 0 aromatic heterocycles. The number of aliphatic hydroxyl groups excluding tert-OH is 1. The minimum absolute atomic E-state index is 0.289. The molecule has 0 aliphatic heterocycles. The molecule has 5 heteroatoms.